The van der Waals surface area contributed by atoms with Crippen LogP contribution in [0, 0.1) is 0 Å². The molecule has 0 aliphatic carbocycles. The van der Waals surface area contributed by atoms with Crippen molar-refractivity contribution in [1.29, 1.82) is 0 Å². The van der Waals surface area contributed by atoms with Crippen LogP contribution < -0.4 is 10.2 Å². The molecule has 0 saturated carbocycles. The largest absolute Gasteiger partial charge is 0.389 e. The first-order valence-electron chi connectivity index (χ1n) is 9.36. The van der Waals surface area contributed by atoms with Crippen molar-refractivity contribution >= 4 is 11.7 Å². The van der Waals surface area contributed by atoms with Gasteiger partial charge in [0.05, 0.1) is 18.3 Å². The standard InChI is InChI=1S/C22H22N4O2/c27-20-15-26(21-14-23-10-11-24-21)12-9-19(20)25-22(28)18-8-4-7-17(13-18)16-5-2-1-3-6-16/h1-8,10-11,13-14,19-20,27H,9,12,15H2,(H,25,28)/t19-,20-/m1/s1. The average Bonchev–Trinajstić information content (AvgIpc) is 2.76. The highest BCUT2D eigenvalue weighted by atomic mass is 16.3. The molecule has 1 saturated heterocycles. The number of aliphatic hydroxyl groups is 1. The number of nitrogens with one attached hydrogen (secondary N) is 1. The summed E-state index contributed by atoms with van der Waals surface area (Å²) >= 11 is 0. The molecule has 3 aromatic rings. The van der Waals surface area contributed by atoms with Crippen LogP contribution in [0.4, 0.5) is 5.82 Å². The van der Waals surface area contributed by atoms with Crippen LogP contribution in [0.5, 0.6) is 0 Å². The van der Waals surface area contributed by atoms with Crippen LogP contribution in [0.3, 0.4) is 0 Å². The Morgan fingerprint density at radius 1 is 1.07 bits per heavy atom. The molecule has 2 N–H and O–H groups in total. The van der Waals surface area contributed by atoms with E-state index in [0.29, 0.717) is 25.1 Å². The fraction of sp³-hybridized carbons (Fsp3) is 0.227. The van der Waals surface area contributed by atoms with Crippen molar-refractivity contribution in [1.82, 2.24) is 15.3 Å². The highest BCUT2D eigenvalue weighted by Gasteiger charge is 2.29. The summed E-state index contributed by atoms with van der Waals surface area (Å²) in [5, 5.41) is 13.5. The van der Waals surface area contributed by atoms with Gasteiger partial charge < -0.3 is 15.3 Å². The van der Waals surface area contributed by atoms with Crippen LogP contribution >= 0.6 is 0 Å². The van der Waals surface area contributed by atoms with Crippen molar-refractivity contribution in [2.75, 3.05) is 18.0 Å². The second-order valence-electron chi connectivity index (χ2n) is 6.89. The van der Waals surface area contributed by atoms with Crippen LogP contribution in [0.25, 0.3) is 11.1 Å². The minimum Gasteiger partial charge on any atom is -0.389 e. The fourth-order valence-electron chi connectivity index (χ4n) is 3.48. The van der Waals surface area contributed by atoms with E-state index >= 15 is 0 Å². The van der Waals surface area contributed by atoms with Gasteiger partial charge in [-0.05, 0) is 29.7 Å². The number of rotatable bonds is 4. The summed E-state index contributed by atoms with van der Waals surface area (Å²) in [4.78, 5) is 23.1. The molecule has 142 valence electrons. The summed E-state index contributed by atoms with van der Waals surface area (Å²) < 4.78 is 0. The number of hydrogen-bond acceptors (Lipinski definition) is 5. The Morgan fingerprint density at radius 2 is 1.89 bits per heavy atom. The highest BCUT2D eigenvalue weighted by molar-refractivity contribution is 5.95. The molecule has 6 heteroatoms. The lowest BCUT2D eigenvalue weighted by molar-refractivity contribution is 0.0797. The van der Waals surface area contributed by atoms with Crippen LogP contribution in [0.1, 0.15) is 16.8 Å². The molecule has 0 bridgehead atoms. The summed E-state index contributed by atoms with van der Waals surface area (Å²) in [6, 6.07) is 17.2. The Bertz CT molecular complexity index is 934. The van der Waals surface area contributed by atoms with Gasteiger partial charge >= 0.3 is 0 Å². The van der Waals surface area contributed by atoms with Crippen molar-refractivity contribution in [3.05, 3.63) is 78.8 Å². The first-order valence-corrected chi connectivity index (χ1v) is 9.36. The van der Waals surface area contributed by atoms with Crippen molar-refractivity contribution < 1.29 is 9.90 Å². The summed E-state index contributed by atoms with van der Waals surface area (Å²) in [6.07, 6.45) is 4.91. The first kappa shape index (κ1) is 18.1. The highest BCUT2D eigenvalue weighted by Crippen LogP contribution is 2.21. The lowest BCUT2D eigenvalue weighted by Gasteiger charge is -2.36. The molecule has 0 radical (unpaired) electrons. The quantitative estimate of drug-likeness (QED) is 0.734. The second kappa shape index (κ2) is 8.19. The molecule has 2 atom stereocenters. The molecule has 1 aliphatic heterocycles. The molecule has 2 aromatic carbocycles. The van der Waals surface area contributed by atoms with Gasteiger partial charge in [0.25, 0.3) is 5.91 Å². The predicted octanol–water partition coefficient (Wildman–Crippen LogP) is 2.51. The molecule has 4 rings (SSSR count). The van der Waals surface area contributed by atoms with Gasteiger partial charge in [0.1, 0.15) is 5.82 Å². The molecule has 28 heavy (non-hydrogen) atoms. The number of hydrogen-bond donors (Lipinski definition) is 2. The van der Waals surface area contributed by atoms with E-state index in [1.54, 1.807) is 24.7 Å². The Kier molecular flexibility index (Phi) is 5.30. The number of carbonyl (C=O) groups excluding carboxylic acids is 1. The van der Waals surface area contributed by atoms with Crippen LogP contribution in [-0.4, -0.2) is 46.2 Å². The van der Waals surface area contributed by atoms with E-state index in [-0.39, 0.29) is 11.9 Å². The summed E-state index contributed by atoms with van der Waals surface area (Å²) in [5.74, 6) is 0.566. The lowest BCUT2D eigenvalue weighted by atomic mass is 10.00. The molecule has 0 unspecified atom stereocenters. The fourth-order valence-corrected chi connectivity index (χ4v) is 3.48. The van der Waals surface area contributed by atoms with E-state index in [9.17, 15) is 9.90 Å². The van der Waals surface area contributed by atoms with Gasteiger partial charge in [-0.25, -0.2) is 4.98 Å². The Morgan fingerprint density at radius 3 is 2.64 bits per heavy atom. The van der Waals surface area contributed by atoms with E-state index in [4.69, 9.17) is 0 Å². The normalized spacial score (nSPS) is 19.2. The molecule has 2 heterocycles. The second-order valence-corrected chi connectivity index (χ2v) is 6.89. The number of carbonyl (C=O) groups is 1. The van der Waals surface area contributed by atoms with Crippen LogP contribution in [0.15, 0.2) is 73.2 Å². The van der Waals surface area contributed by atoms with Gasteiger partial charge in [0.2, 0.25) is 0 Å². The maximum atomic E-state index is 12.7. The van der Waals surface area contributed by atoms with Crippen molar-refractivity contribution in [3.63, 3.8) is 0 Å². The third kappa shape index (κ3) is 4.02. The number of amides is 1. The molecule has 1 aliphatic rings. The zero-order valence-electron chi connectivity index (χ0n) is 15.4. The zero-order chi connectivity index (χ0) is 19.3. The van der Waals surface area contributed by atoms with Gasteiger partial charge in [0, 0.05) is 31.0 Å². The number of benzene rings is 2. The van der Waals surface area contributed by atoms with Crippen molar-refractivity contribution in [3.8, 4) is 11.1 Å². The van der Waals surface area contributed by atoms with Crippen LogP contribution in [0.2, 0.25) is 0 Å². The Balaban J connectivity index is 1.42. The molecule has 0 spiro atoms. The molecule has 1 aromatic heterocycles. The van der Waals surface area contributed by atoms with Gasteiger partial charge in [-0.1, -0.05) is 42.5 Å². The minimum absolute atomic E-state index is 0.171. The molecule has 6 nitrogen and oxygen atoms in total. The van der Waals surface area contributed by atoms with Gasteiger partial charge in [-0.3, -0.25) is 9.78 Å². The van der Waals surface area contributed by atoms with E-state index < -0.39 is 6.10 Å². The SMILES string of the molecule is O=C(N[C@@H]1CCN(c2cnccn2)C[C@H]1O)c1cccc(-c2ccccc2)c1. The van der Waals surface area contributed by atoms with E-state index in [0.717, 1.165) is 16.9 Å². The van der Waals surface area contributed by atoms with E-state index in [2.05, 4.69) is 15.3 Å². The number of aromatic nitrogens is 2. The monoisotopic (exact) mass is 374 g/mol. The van der Waals surface area contributed by atoms with Crippen molar-refractivity contribution in [2.24, 2.45) is 0 Å². The number of β-amino-alcohol motifs (C(OH)–C–C–N with tert-alkyl or cyclic N) is 1. The zero-order valence-corrected chi connectivity index (χ0v) is 15.4. The predicted molar refractivity (Wildman–Crippen MR) is 108 cm³/mol. The van der Waals surface area contributed by atoms with E-state index in [1.807, 2.05) is 53.4 Å². The molecular formula is C22H22N4O2. The molecular weight excluding hydrogens is 352 g/mol. The van der Waals surface area contributed by atoms with Crippen LogP contribution in [-0.2, 0) is 0 Å². The third-order valence-electron chi connectivity index (χ3n) is 5.00. The Labute approximate surface area is 163 Å². The van der Waals surface area contributed by atoms with E-state index in [1.165, 1.54) is 0 Å². The number of nitrogens with zero attached hydrogens (tertiary/aromatic N) is 3. The molecule has 1 fully saturated rings. The lowest BCUT2D eigenvalue weighted by Crippen LogP contribution is -2.54. The Hall–Kier alpha value is -3.25. The summed E-state index contributed by atoms with van der Waals surface area (Å²) in [5.41, 5.74) is 2.64. The number of aliphatic hydroxyl groups excluding tert-OH is 1. The summed E-state index contributed by atoms with van der Waals surface area (Å²) in [7, 11) is 0. The van der Waals surface area contributed by atoms with Gasteiger partial charge in [0.15, 0.2) is 0 Å². The maximum absolute atomic E-state index is 12.7. The summed E-state index contributed by atoms with van der Waals surface area (Å²) in [6.45, 7) is 1.11. The maximum Gasteiger partial charge on any atom is 0.251 e. The molecule has 1 amide bonds. The third-order valence-corrected chi connectivity index (χ3v) is 5.00. The number of piperidine rings is 1. The smallest absolute Gasteiger partial charge is 0.251 e. The average molecular weight is 374 g/mol. The van der Waals surface area contributed by atoms with Crippen molar-refractivity contribution in [2.45, 2.75) is 18.6 Å². The topological polar surface area (TPSA) is 78.4 Å². The number of anilines is 1. The van der Waals surface area contributed by atoms with Gasteiger partial charge in [-0.2, -0.15) is 0 Å². The minimum atomic E-state index is -0.669. The van der Waals surface area contributed by atoms with Gasteiger partial charge in [-0.15, -0.1) is 0 Å². The first-order chi connectivity index (χ1) is 13.7.